The first-order valence-corrected chi connectivity index (χ1v) is 8.85. The fourth-order valence-corrected chi connectivity index (χ4v) is 3.07. The van der Waals surface area contributed by atoms with Gasteiger partial charge in [0.25, 0.3) is 0 Å². The molecule has 0 fully saturated rings. The van der Waals surface area contributed by atoms with Crippen molar-refractivity contribution in [3.05, 3.63) is 102 Å². The fraction of sp³-hybridized carbons (Fsp3) is 0.136. The van der Waals surface area contributed by atoms with Gasteiger partial charge in [0.15, 0.2) is 5.11 Å². The lowest BCUT2D eigenvalue weighted by molar-refractivity contribution is 0.648. The first-order valence-electron chi connectivity index (χ1n) is 8.44. The molecule has 1 unspecified atom stereocenters. The van der Waals surface area contributed by atoms with Crippen LogP contribution >= 0.6 is 12.2 Å². The molecule has 0 saturated heterocycles. The van der Waals surface area contributed by atoms with Crippen molar-refractivity contribution in [2.24, 2.45) is 0 Å². The maximum absolute atomic E-state index is 5.57. The van der Waals surface area contributed by atoms with Gasteiger partial charge in [-0.2, -0.15) is 0 Å². The van der Waals surface area contributed by atoms with Crippen LogP contribution in [0.4, 0.5) is 5.69 Å². The summed E-state index contributed by atoms with van der Waals surface area (Å²) in [5.41, 5.74) is 4.71. The Hall–Kier alpha value is -2.65. The molecule has 126 valence electrons. The highest BCUT2D eigenvalue weighted by molar-refractivity contribution is 7.80. The second kappa shape index (κ2) is 8.45. The Morgan fingerprint density at radius 2 is 1.44 bits per heavy atom. The van der Waals surface area contributed by atoms with Crippen LogP contribution in [0.25, 0.3) is 0 Å². The van der Waals surface area contributed by atoms with Gasteiger partial charge >= 0.3 is 0 Å². The summed E-state index contributed by atoms with van der Waals surface area (Å²) in [5, 5.41) is 7.43. The average Bonchev–Trinajstić information content (AvgIpc) is 2.65. The number of hydrogen-bond donors (Lipinski definition) is 2. The van der Waals surface area contributed by atoms with Gasteiger partial charge in [0, 0.05) is 5.69 Å². The van der Waals surface area contributed by atoms with Crippen LogP contribution in [0.3, 0.4) is 0 Å². The third-order valence-corrected chi connectivity index (χ3v) is 4.40. The minimum Gasteiger partial charge on any atom is -0.355 e. The highest BCUT2D eigenvalue weighted by atomic mass is 32.1. The van der Waals surface area contributed by atoms with Crippen LogP contribution in [0.2, 0.25) is 0 Å². The summed E-state index contributed by atoms with van der Waals surface area (Å²) in [4.78, 5) is 0. The van der Waals surface area contributed by atoms with Crippen LogP contribution < -0.4 is 10.6 Å². The predicted octanol–water partition coefficient (Wildman–Crippen LogP) is 5.27. The van der Waals surface area contributed by atoms with Crippen molar-refractivity contribution in [1.82, 2.24) is 5.32 Å². The van der Waals surface area contributed by atoms with Crippen LogP contribution in [0.1, 0.15) is 22.7 Å². The van der Waals surface area contributed by atoms with Gasteiger partial charge in [0.1, 0.15) is 0 Å². The van der Waals surface area contributed by atoms with Gasteiger partial charge in [-0.15, -0.1) is 0 Å². The van der Waals surface area contributed by atoms with Crippen molar-refractivity contribution >= 4 is 23.0 Å². The Labute approximate surface area is 154 Å². The highest BCUT2D eigenvalue weighted by Crippen LogP contribution is 2.19. The molecular formula is C22H22N2S. The number of benzene rings is 3. The molecule has 2 nitrogen and oxygen atoms in total. The van der Waals surface area contributed by atoms with Gasteiger partial charge < -0.3 is 10.6 Å². The van der Waals surface area contributed by atoms with E-state index in [4.69, 9.17) is 12.2 Å². The van der Waals surface area contributed by atoms with E-state index in [-0.39, 0.29) is 6.04 Å². The van der Waals surface area contributed by atoms with Gasteiger partial charge in [-0.1, -0.05) is 78.9 Å². The van der Waals surface area contributed by atoms with E-state index in [0.29, 0.717) is 5.11 Å². The monoisotopic (exact) mass is 346 g/mol. The second-order valence-electron chi connectivity index (χ2n) is 6.07. The minimum atomic E-state index is 0.118. The Bertz CT molecular complexity index is 816. The van der Waals surface area contributed by atoms with E-state index in [1.54, 1.807) is 0 Å². The first-order chi connectivity index (χ1) is 12.2. The standard InChI is InChI=1S/C22H22N2S/c1-17-10-8-9-15-20(17)23-22(25)24-21(19-13-6-3-7-14-19)16-18-11-4-2-5-12-18/h2-15,21H,16H2,1H3,(H2,23,24,25). The first kappa shape index (κ1) is 17.2. The molecule has 0 aliphatic rings. The lowest BCUT2D eigenvalue weighted by atomic mass is 9.99. The summed E-state index contributed by atoms with van der Waals surface area (Å²) in [7, 11) is 0. The molecule has 0 aliphatic carbocycles. The molecule has 3 aromatic carbocycles. The van der Waals surface area contributed by atoms with Gasteiger partial charge in [-0.3, -0.25) is 0 Å². The van der Waals surface area contributed by atoms with E-state index in [1.807, 2.05) is 30.3 Å². The van der Waals surface area contributed by atoms with Crippen LogP contribution in [0, 0.1) is 6.92 Å². The minimum absolute atomic E-state index is 0.118. The number of thiocarbonyl (C=S) groups is 1. The quantitative estimate of drug-likeness (QED) is 0.616. The molecule has 3 rings (SSSR count). The van der Waals surface area contributed by atoms with E-state index in [9.17, 15) is 0 Å². The lowest BCUT2D eigenvalue weighted by Gasteiger charge is -2.22. The number of nitrogens with one attached hydrogen (secondary N) is 2. The SMILES string of the molecule is Cc1ccccc1NC(=S)NC(Cc1ccccc1)c1ccccc1. The molecule has 0 radical (unpaired) electrons. The Balaban J connectivity index is 1.75. The zero-order valence-corrected chi connectivity index (χ0v) is 15.1. The molecule has 0 saturated carbocycles. The van der Waals surface area contributed by atoms with E-state index >= 15 is 0 Å². The molecule has 0 aromatic heterocycles. The van der Waals surface area contributed by atoms with Gasteiger partial charge in [0.2, 0.25) is 0 Å². The lowest BCUT2D eigenvalue weighted by Crippen LogP contribution is -2.33. The molecule has 1 atom stereocenters. The van der Waals surface area contributed by atoms with Crippen LogP contribution in [-0.2, 0) is 6.42 Å². The summed E-state index contributed by atoms with van der Waals surface area (Å²) >= 11 is 5.57. The summed E-state index contributed by atoms with van der Waals surface area (Å²) in [6, 6.07) is 29.2. The molecule has 0 amide bonds. The highest BCUT2D eigenvalue weighted by Gasteiger charge is 2.13. The number of hydrogen-bond acceptors (Lipinski definition) is 1. The summed E-state index contributed by atoms with van der Waals surface area (Å²) in [6.45, 7) is 2.07. The van der Waals surface area contributed by atoms with Gasteiger partial charge in [0.05, 0.1) is 6.04 Å². The normalized spacial score (nSPS) is 11.6. The summed E-state index contributed by atoms with van der Waals surface area (Å²) in [5.74, 6) is 0. The molecule has 0 heterocycles. The Morgan fingerprint density at radius 3 is 2.12 bits per heavy atom. The molecule has 3 aromatic rings. The van der Waals surface area contributed by atoms with E-state index in [0.717, 1.165) is 12.1 Å². The van der Waals surface area contributed by atoms with Crippen molar-refractivity contribution in [2.45, 2.75) is 19.4 Å². The maximum atomic E-state index is 5.57. The predicted molar refractivity (Wildman–Crippen MR) is 110 cm³/mol. The van der Waals surface area contributed by atoms with Gasteiger partial charge in [-0.25, -0.2) is 0 Å². The van der Waals surface area contributed by atoms with E-state index in [1.165, 1.54) is 16.7 Å². The zero-order chi connectivity index (χ0) is 17.5. The van der Waals surface area contributed by atoms with Crippen LogP contribution in [0.5, 0.6) is 0 Å². The van der Waals surface area contributed by atoms with Crippen molar-refractivity contribution in [2.75, 3.05) is 5.32 Å². The number of anilines is 1. The maximum Gasteiger partial charge on any atom is 0.171 e. The molecule has 0 spiro atoms. The molecule has 3 heteroatoms. The van der Waals surface area contributed by atoms with Crippen molar-refractivity contribution in [3.8, 4) is 0 Å². The Morgan fingerprint density at radius 1 is 0.840 bits per heavy atom. The third-order valence-electron chi connectivity index (χ3n) is 4.18. The number of rotatable bonds is 5. The fourth-order valence-electron chi connectivity index (χ4n) is 2.82. The number of aryl methyl sites for hydroxylation is 1. The number of para-hydroxylation sites is 1. The summed E-state index contributed by atoms with van der Waals surface area (Å²) < 4.78 is 0. The van der Waals surface area contributed by atoms with Crippen molar-refractivity contribution < 1.29 is 0 Å². The van der Waals surface area contributed by atoms with E-state index in [2.05, 4.69) is 72.2 Å². The Kier molecular flexibility index (Phi) is 5.81. The molecule has 0 aliphatic heterocycles. The summed E-state index contributed by atoms with van der Waals surface area (Å²) in [6.07, 6.45) is 0.875. The largest absolute Gasteiger partial charge is 0.355 e. The molecule has 0 bridgehead atoms. The van der Waals surface area contributed by atoms with Crippen molar-refractivity contribution in [3.63, 3.8) is 0 Å². The van der Waals surface area contributed by atoms with E-state index < -0.39 is 0 Å². The van der Waals surface area contributed by atoms with Crippen molar-refractivity contribution in [1.29, 1.82) is 0 Å². The van der Waals surface area contributed by atoms with Gasteiger partial charge in [-0.05, 0) is 48.3 Å². The van der Waals surface area contributed by atoms with Crippen LogP contribution in [-0.4, -0.2) is 5.11 Å². The third kappa shape index (κ3) is 4.91. The smallest absolute Gasteiger partial charge is 0.171 e. The average molecular weight is 346 g/mol. The molecule has 25 heavy (non-hydrogen) atoms. The zero-order valence-electron chi connectivity index (χ0n) is 14.3. The topological polar surface area (TPSA) is 24.1 Å². The molecule has 2 N–H and O–H groups in total. The van der Waals surface area contributed by atoms with Crippen LogP contribution in [0.15, 0.2) is 84.9 Å². The molecular weight excluding hydrogens is 324 g/mol. The second-order valence-corrected chi connectivity index (χ2v) is 6.47.